The van der Waals surface area contributed by atoms with Crippen LogP contribution in [0.1, 0.15) is 74.0 Å². The molecule has 2 N–H and O–H groups in total. The monoisotopic (exact) mass is 550 g/mol. The summed E-state index contributed by atoms with van der Waals surface area (Å²) in [6, 6.07) is 13.7. The van der Waals surface area contributed by atoms with Crippen LogP contribution in [-0.4, -0.2) is 26.5 Å². The normalized spacial score (nSPS) is 20.1. The van der Waals surface area contributed by atoms with Gasteiger partial charge in [-0.2, -0.15) is 10.5 Å². The quantitative estimate of drug-likeness (QED) is 0.263. The third-order valence-electron chi connectivity index (χ3n) is 8.26. The van der Waals surface area contributed by atoms with Crippen LogP contribution in [0.5, 0.6) is 0 Å². The molecule has 40 heavy (non-hydrogen) atoms. The molecular formula is C31H31ClN8. The second kappa shape index (κ2) is 9.50. The number of hydrogen-bond acceptors (Lipinski definition) is 7. The van der Waals surface area contributed by atoms with Crippen LogP contribution in [0, 0.1) is 40.9 Å². The zero-order valence-corrected chi connectivity index (χ0v) is 23.8. The Morgan fingerprint density at radius 3 is 2.55 bits per heavy atom. The highest BCUT2D eigenvalue weighted by Crippen LogP contribution is 2.62. The summed E-state index contributed by atoms with van der Waals surface area (Å²) in [6.45, 7) is 9.04. The maximum atomic E-state index is 9.84. The van der Waals surface area contributed by atoms with Crippen molar-refractivity contribution in [2.75, 3.05) is 17.2 Å². The second-order valence-corrected chi connectivity index (χ2v) is 12.8. The molecule has 2 aromatic carbocycles. The van der Waals surface area contributed by atoms with Gasteiger partial charge in [-0.05, 0) is 66.8 Å². The van der Waals surface area contributed by atoms with Crippen LogP contribution in [0.2, 0.25) is 5.02 Å². The van der Waals surface area contributed by atoms with E-state index in [1.807, 2.05) is 48.1 Å². The Balaban J connectivity index is 1.45. The first kappa shape index (κ1) is 26.1. The number of rotatable bonds is 7. The highest BCUT2D eigenvalue weighted by Gasteiger charge is 2.58. The Labute approximate surface area is 239 Å². The Bertz CT molecular complexity index is 1700. The van der Waals surface area contributed by atoms with E-state index < -0.39 is 0 Å². The van der Waals surface area contributed by atoms with Crippen LogP contribution < -0.4 is 10.6 Å². The summed E-state index contributed by atoms with van der Waals surface area (Å²) in [6.07, 6.45) is 7.09. The zero-order valence-electron chi connectivity index (χ0n) is 23.1. The molecule has 2 heterocycles. The molecule has 0 radical (unpaired) electrons. The molecule has 3 fully saturated rings. The number of hydrogen-bond donors (Lipinski definition) is 2. The van der Waals surface area contributed by atoms with E-state index in [0.29, 0.717) is 33.9 Å². The van der Waals surface area contributed by atoms with E-state index in [2.05, 4.69) is 58.8 Å². The summed E-state index contributed by atoms with van der Waals surface area (Å²) in [5.74, 6) is 0.823. The number of nitriles is 2. The lowest BCUT2D eigenvalue weighted by Gasteiger charge is -2.61. The SMILES string of the molecule is Cc1c(C#N)cccc1[C@H](Nc1cc(Cl)c2ncc(C#N)c(NCC(C)(C)C)c2c1)c1cn(C23CC(C2)C3)nn1. The molecular weight excluding hydrogens is 520 g/mol. The van der Waals surface area contributed by atoms with E-state index in [1.165, 1.54) is 0 Å². The molecule has 2 aromatic heterocycles. The number of anilines is 2. The van der Waals surface area contributed by atoms with Crippen molar-refractivity contribution in [1.82, 2.24) is 20.0 Å². The minimum Gasteiger partial charge on any atom is -0.383 e. The molecule has 9 heteroatoms. The zero-order chi connectivity index (χ0) is 28.2. The summed E-state index contributed by atoms with van der Waals surface area (Å²) >= 11 is 6.78. The first-order valence-corrected chi connectivity index (χ1v) is 13.9. The van der Waals surface area contributed by atoms with Crippen LogP contribution in [0.4, 0.5) is 11.4 Å². The van der Waals surface area contributed by atoms with Crippen molar-refractivity contribution in [2.24, 2.45) is 11.3 Å². The van der Waals surface area contributed by atoms with Crippen molar-refractivity contribution in [3.63, 3.8) is 0 Å². The van der Waals surface area contributed by atoms with Gasteiger partial charge < -0.3 is 10.6 Å². The fourth-order valence-electron chi connectivity index (χ4n) is 5.89. The molecule has 0 saturated heterocycles. The van der Waals surface area contributed by atoms with Gasteiger partial charge in [-0.25, -0.2) is 4.68 Å². The van der Waals surface area contributed by atoms with Crippen molar-refractivity contribution in [1.29, 1.82) is 10.5 Å². The predicted octanol–water partition coefficient (Wildman–Crippen LogP) is 6.70. The highest BCUT2D eigenvalue weighted by atomic mass is 35.5. The maximum Gasteiger partial charge on any atom is 0.110 e. The first-order chi connectivity index (χ1) is 19.1. The molecule has 4 aromatic rings. The smallest absolute Gasteiger partial charge is 0.110 e. The largest absolute Gasteiger partial charge is 0.383 e. The van der Waals surface area contributed by atoms with E-state index >= 15 is 0 Å². The molecule has 8 nitrogen and oxygen atoms in total. The fourth-order valence-corrected chi connectivity index (χ4v) is 6.16. The van der Waals surface area contributed by atoms with Gasteiger partial charge in [0.2, 0.25) is 0 Å². The van der Waals surface area contributed by atoms with Gasteiger partial charge in [0.1, 0.15) is 11.8 Å². The summed E-state index contributed by atoms with van der Waals surface area (Å²) in [4.78, 5) is 4.50. The van der Waals surface area contributed by atoms with Gasteiger partial charge in [0.05, 0.1) is 51.2 Å². The predicted molar refractivity (Wildman–Crippen MR) is 156 cm³/mol. The standard InChI is InChI=1S/C31H31ClN8/c1-18-20(13-33)6-5-7-23(18)29(26-16-40(39-38-26)31-10-19(11-31)12-31)37-22-8-24-27(36-17-30(2,3)4)21(14-34)15-35-28(24)25(32)9-22/h5-9,15-16,19,29,37H,10-12,17H2,1-4H3,(H,35,36)/t19?,29-,31?/m0/s1. The number of fused-ring (bicyclic) bond motifs is 1. The van der Waals surface area contributed by atoms with Crippen LogP contribution in [0.25, 0.3) is 10.9 Å². The van der Waals surface area contributed by atoms with Crippen LogP contribution in [0.3, 0.4) is 0 Å². The Morgan fingerprint density at radius 1 is 1.15 bits per heavy atom. The Kier molecular flexibility index (Phi) is 6.20. The summed E-state index contributed by atoms with van der Waals surface area (Å²) in [5, 5.41) is 37.1. The number of nitrogens with zero attached hydrogens (tertiary/aromatic N) is 6. The molecule has 3 aliphatic carbocycles. The average Bonchev–Trinajstić information content (AvgIpc) is 3.33. The molecule has 7 rings (SSSR count). The molecule has 0 spiro atoms. The van der Waals surface area contributed by atoms with E-state index in [4.69, 9.17) is 11.6 Å². The lowest BCUT2D eigenvalue weighted by molar-refractivity contribution is -0.0989. The topological polar surface area (TPSA) is 115 Å². The van der Waals surface area contributed by atoms with Crippen molar-refractivity contribution in [2.45, 2.75) is 58.5 Å². The van der Waals surface area contributed by atoms with E-state index in [9.17, 15) is 10.5 Å². The van der Waals surface area contributed by atoms with Crippen molar-refractivity contribution in [3.8, 4) is 12.1 Å². The molecule has 202 valence electrons. The van der Waals surface area contributed by atoms with Gasteiger partial charge in [-0.1, -0.05) is 49.7 Å². The molecule has 0 aliphatic heterocycles. The lowest BCUT2D eigenvalue weighted by Crippen LogP contribution is -2.59. The van der Waals surface area contributed by atoms with Crippen LogP contribution in [-0.2, 0) is 5.54 Å². The summed E-state index contributed by atoms with van der Waals surface area (Å²) in [7, 11) is 0. The Morgan fingerprint density at radius 2 is 1.90 bits per heavy atom. The number of aromatic nitrogens is 4. The molecule has 2 bridgehead atoms. The molecule has 0 unspecified atom stereocenters. The lowest BCUT2D eigenvalue weighted by atomic mass is 9.50. The molecule has 0 amide bonds. The minimum absolute atomic E-state index is 0.00256. The maximum absolute atomic E-state index is 9.84. The fraction of sp³-hybridized carbons (Fsp3) is 0.387. The first-order valence-electron chi connectivity index (χ1n) is 13.6. The van der Waals surface area contributed by atoms with Gasteiger partial charge in [-0.15, -0.1) is 5.10 Å². The van der Waals surface area contributed by atoms with E-state index in [-0.39, 0.29) is 17.0 Å². The minimum atomic E-state index is -0.374. The van der Waals surface area contributed by atoms with Crippen molar-refractivity contribution < 1.29 is 0 Å². The second-order valence-electron chi connectivity index (χ2n) is 12.4. The van der Waals surface area contributed by atoms with Crippen molar-refractivity contribution >= 4 is 33.9 Å². The number of pyridine rings is 1. The van der Waals surface area contributed by atoms with Gasteiger partial charge in [-0.3, -0.25) is 4.98 Å². The van der Waals surface area contributed by atoms with Gasteiger partial charge in [0.25, 0.3) is 0 Å². The molecule has 3 aliphatic rings. The van der Waals surface area contributed by atoms with Gasteiger partial charge in [0.15, 0.2) is 0 Å². The average molecular weight is 551 g/mol. The third-order valence-corrected chi connectivity index (χ3v) is 8.55. The number of halogens is 1. The summed E-state index contributed by atoms with van der Waals surface area (Å²) < 4.78 is 2.03. The van der Waals surface area contributed by atoms with Crippen LogP contribution >= 0.6 is 11.6 Å². The third kappa shape index (κ3) is 4.43. The molecule has 1 atom stereocenters. The van der Waals surface area contributed by atoms with Gasteiger partial charge in [0, 0.05) is 23.8 Å². The van der Waals surface area contributed by atoms with E-state index in [1.54, 1.807) is 6.20 Å². The van der Waals surface area contributed by atoms with Gasteiger partial charge >= 0.3 is 0 Å². The molecule has 3 saturated carbocycles. The van der Waals surface area contributed by atoms with Crippen molar-refractivity contribution in [3.05, 3.63) is 75.7 Å². The van der Waals surface area contributed by atoms with E-state index in [0.717, 1.165) is 53.1 Å². The Hall–Kier alpha value is -4.14. The highest BCUT2D eigenvalue weighted by molar-refractivity contribution is 6.35. The number of nitrogens with one attached hydrogen (secondary N) is 2. The van der Waals surface area contributed by atoms with Crippen LogP contribution in [0.15, 0.2) is 42.7 Å². The summed E-state index contributed by atoms with van der Waals surface area (Å²) in [5.41, 5.74) is 5.87. The number of benzene rings is 2.